The van der Waals surface area contributed by atoms with Crippen molar-refractivity contribution in [1.82, 2.24) is 5.32 Å². The highest BCUT2D eigenvalue weighted by Crippen LogP contribution is 2.28. The van der Waals surface area contributed by atoms with Gasteiger partial charge in [0.1, 0.15) is 17.4 Å². The van der Waals surface area contributed by atoms with Crippen LogP contribution in [0.2, 0.25) is 0 Å². The summed E-state index contributed by atoms with van der Waals surface area (Å²) in [5, 5.41) is 2.99. The molecule has 1 heterocycles. The van der Waals surface area contributed by atoms with E-state index < -0.39 is 11.6 Å². The molecule has 0 aliphatic rings. The molecule has 6 heteroatoms. The number of nitrogens with one attached hydrogen (secondary N) is 1. The Morgan fingerprint density at radius 3 is 2.53 bits per heavy atom. The normalized spacial score (nSPS) is 12.7. The summed E-state index contributed by atoms with van der Waals surface area (Å²) in [4.78, 5) is 0. The van der Waals surface area contributed by atoms with Crippen LogP contribution in [0.5, 0.6) is 0 Å². The molecule has 0 aliphatic carbocycles. The van der Waals surface area contributed by atoms with Crippen LogP contribution in [0.3, 0.4) is 0 Å². The minimum atomic E-state index is -0.578. The molecule has 102 valence electrons. The van der Waals surface area contributed by atoms with Crippen molar-refractivity contribution in [3.8, 4) is 0 Å². The van der Waals surface area contributed by atoms with Crippen molar-refractivity contribution in [3.05, 3.63) is 56.4 Å². The molecule has 2 aromatic rings. The lowest BCUT2D eigenvalue weighted by molar-refractivity contribution is 0.408. The molecular weight excluding hydrogens is 384 g/mol. The van der Waals surface area contributed by atoms with Gasteiger partial charge in [-0.05, 0) is 63.2 Å². The van der Waals surface area contributed by atoms with E-state index in [0.717, 1.165) is 0 Å². The molecule has 0 aliphatic heterocycles. The zero-order valence-corrected chi connectivity index (χ0v) is 13.2. The maximum absolute atomic E-state index is 13.9. The molecule has 2 rings (SSSR count). The smallest absolute Gasteiger partial charge is 0.169 e. The number of halogens is 4. The Labute approximate surface area is 126 Å². The summed E-state index contributed by atoms with van der Waals surface area (Å²) in [5.74, 6) is -0.523. The second-order valence-electron chi connectivity index (χ2n) is 4.01. The quantitative estimate of drug-likeness (QED) is 0.767. The van der Waals surface area contributed by atoms with E-state index in [4.69, 9.17) is 4.42 Å². The predicted octanol–water partition coefficient (Wildman–Crippen LogP) is 4.59. The van der Waals surface area contributed by atoms with Gasteiger partial charge in [0.15, 0.2) is 4.67 Å². The molecule has 0 fully saturated rings. The fraction of sp³-hybridized carbons (Fsp3) is 0.231. The Hall–Kier alpha value is -0.720. The first-order chi connectivity index (χ1) is 9.02. The Morgan fingerprint density at radius 2 is 1.95 bits per heavy atom. The van der Waals surface area contributed by atoms with E-state index in [-0.39, 0.29) is 22.5 Å². The molecule has 1 unspecified atom stereocenters. The maximum atomic E-state index is 13.9. The SMILES string of the molecule is CNC(Cc1c(F)ccc(Br)c1F)c1ccc(Br)o1. The van der Waals surface area contributed by atoms with E-state index in [2.05, 4.69) is 37.2 Å². The van der Waals surface area contributed by atoms with Crippen molar-refractivity contribution in [2.45, 2.75) is 12.5 Å². The molecule has 1 aromatic carbocycles. The molecule has 0 amide bonds. The van der Waals surface area contributed by atoms with Crippen LogP contribution in [-0.2, 0) is 6.42 Å². The summed E-state index contributed by atoms with van der Waals surface area (Å²) in [7, 11) is 1.72. The van der Waals surface area contributed by atoms with Gasteiger partial charge in [-0.15, -0.1) is 0 Å². The zero-order valence-electron chi connectivity index (χ0n) is 10.0. The highest BCUT2D eigenvalue weighted by molar-refractivity contribution is 9.10. The molecule has 19 heavy (non-hydrogen) atoms. The monoisotopic (exact) mass is 393 g/mol. The third-order valence-corrected chi connectivity index (χ3v) is 3.87. The lowest BCUT2D eigenvalue weighted by atomic mass is 10.0. The van der Waals surface area contributed by atoms with Crippen LogP contribution in [0.1, 0.15) is 17.4 Å². The number of furan rings is 1. The van der Waals surface area contributed by atoms with Crippen molar-refractivity contribution in [3.63, 3.8) is 0 Å². The van der Waals surface area contributed by atoms with Gasteiger partial charge in [-0.1, -0.05) is 0 Å². The average molecular weight is 395 g/mol. The van der Waals surface area contributed by atoms with Crippen molar-refractivity contribution < 1.29 is 13.2 Å². The third-order valence-electron chi connectivity index (χ3n) is 2.83. The van der Waals surface area contributed by atoms with Gasteiger partial charge in [0, 0.05) is 12.0 Å². The summed E-state index contributed by atoms with van der Waals surface area (Å²) in [6.45, 7) is 0. The van der Waals surface area contributed by atoms with E-state index in [0.29, 0.717) is 10.4 Å². The largest absolute Gasteiger partial charge is 0.453 e. The lowest BCUT2D eigenvalue weighted by Gasteiger charge is -2.15. The molecule has 0 radical (unpaired) electrons. The molecule has 0 spiro atoms. The molecule has 0 saturated heterocycles. The van der Waals surface area contributed by atoms with Gasteiger partial charge in [-0.3, -0.25) is 0 Å². The summed E-state index contributed by atoms with van der Waals surface area (Å²) >= 11 is 6.26. The lowest BCUT2D eigenvalue weighted by Crippen LogP contribution is -2.19. The van der Waals surface area contributed by atoms with E-state index in [1.54, 1.807) is 19.2 Å². The predicted molar refractivity (Wildman–Crippen MR) is 76.0 cm³/mol. The third kappa shape index (κ3) is 3.24. The van der Waals surface area contributed by atoms with Crippen molar-refractivity contribution in [2.24, 2.45) is 0 Å². The first-order valence-electron chi connectivity index (χ1n) is 5.57. The minimum absolute atomic E-state index is 0.0289. The minimum Gasteiger partial charge on any atom is -0.453 e. The summed E-state index contributed by atoms with van der Waals surface area (Å²) in [6, 6.07) is 5.80. The first kappa shape index (κ1) is 14.7. The summed E-state index contributed by atoms with van der Waals surface area (Å²) < 4.78 is 33.9. The van der Waals surface area contributed by atoms with Crippen LogP contribution in [0, 0.1) is 11.6 Å². The van der Waals surface area contributed by atoms with Gasteiger partial charge in [0.25, 0.3) is 0 Å². The van der Waals surface area contributed by atoms with Crippen LogP contribution in [-0.4, -0.2) is 7.05 Å². The van der Waals surface area contributed by atoms with Crippen LogP contribution in [0.25, 0.3) is 0 Å². The maximum Gasteiger partial charge on any atom is 0.169 e. The molecule has 1 N–H and O–H groups in total. The topological polar surface area (TPSA) is 25.2 Å². The van der Waals surface area contributed by atoms with E-state index >= 15 is 0 Å². The Morgan fingerprint density at radius 1 is 1.21 bits per heavy atom. The highest BCUT2D eigenvalue weighted by atomic mass is 79.9. The van der Waals surface area contributed by atoms with Crippen LogP contribution in [0.15, 0.2) is 37.8 Å². The van der Waals surface area contributed by atoms with Gasteiger partial charge in [-0.25, -0.2) is 8.78 Å². The van der Waals surface area contributed by atoms with E-state index in [1.165, 1.54) is 12.1 Å². The Kier molecular flexibility index (Phi) is 4.76. The van der Waals surface area contributed by atoms with Gasteiger partial charge in [-0.2, -0.15) is 0 Å². The van der Waals surface area contributed by atoms with E-state index in [1.807, 2.05) is 0 Å². The van der Waals surface area contributed by atoms with Gasteiger partial charge < -0.3 is 9.73 Å². The Balaban J connectivity index is 2.31. The summed E-state index contributed by atoms with van der Waals surface area (Å²) in [6.07, 6.45) is 0.160. The van der Waals surface area contributed by atoms with Crippen LogP contribution in [0.4, 0.5) is 8.78 Å². The fourth-order valence-electron chi connectivity index (χ4n) is 1.82. The standard InChI is InChI=1S/C13H11Br2F2NO/c1-18-10(11-4-5-12(15)19-11)6-7-9(16)3-2-8(14)13(7)17/h2-5,10,18H,6H2,1H3. The van der Waals surface area contributed by atoms with Crippen molar-refractivity contribution in [2.75, 3.05) is 7.05 Å². The molecule has 1 aromatic heterocycles. The molecule has 2 nitrogen and oxygen atoms in total. The number of likely N-dealkylation sites (N-methyl/N-ethyl adjacent to an activating group) is 1. The zero-order chi connectivity index (χ0) is 14.0. The Bertz CT molecular complexity index is 586. The van der Waals surface area contributed by atoms with E-state index in [9.17, 15) is 8.78 Å². The molecule has 1 atom stereocenters. The van der Waals surface area contributed by atoms with Gasteiger partial charge >= 0.3 is 0 Å². The molecule has 0 saturated carbocycles. The first-order valence-corrected chi connectivity index (χ1v) is 7.16. The number of benzene rings is 1. The van der Waals surface area contributed by atoms with Crippen molar-refractivity contribution in [1.29, 1.82) is 0 Å². The number of hydrogen-bond acceptors (Lipinski definition) is 2. The van der Waals surface area contributed by atoms with Gasteiger partial charge in [0.05, 0.1) is 10.5 Å². The molecule has 0 bridgehead atoms. The van der Waals surface area contributed by atoms with Crippen LogP contribution < -0.4 is 5.32 Å². The summed E-state index contributed by atoms with van der Waals surface area (Å²) in [5.41, 5.74) is 0.0289. The second kappa shape index (κ2) is 6.15. The average Bonchev–Trinajstić information content (AvgIpc) is 2.81. The van der Waals surface area contributed by atoms with Gasteiger partial charge in [0.2, 0.25) is 0 Å². The fourth-order valence-corrected chi connectivity index (χ4v) is 2.51. The number of hydrogen-bond donors (Lipinski definition) is 1. The van der Waals surface area contributed by atoms with Crippen molar-refractivity contribution >= 4 is 31.9 Å². The highest BCUT2D eigenvalue weighted by Gasteiger charge is 2.20. The van der Waals surface area contributed by atoms with Crippen LogP contribution >= 0.6 is 31.9 Å². The molecular formula is C13H11Br2F2NO. The number of rotatable bonds is 4. The second-order valence-corrected chi connectivity index (χ2v) is 5.64.